The van der Waals surface area contributed by atoms with E-state index in [0.717, 1.165) is 64.2 Å². The minimum Gasteiger partial charge on any atom is -0.477 e. The number of allylic oxidation sites excluding steroid dienone is 8. The number of quaternary nitrogens is 1. The molecule has 0 heterocycles. The van der Waals surface area contributed by atoms with Crippen molar-refractivity contribution in [2.24, 2.45) is 0 Å². The Kier molecular flexibility index (Phi) is 35.4. The van der Waals surface area contributed by atoms with Crippen LogP contribution in [0.25, 0.3) is 0 Å². The van der Waals surface area contributed by atoms with Crippen LogP contribution in [0.2, 0.25) is 0 Å². The highest BCUT2D eigenvalue weighted by Crippen LogP contribution is 2.14. The molecule has 0 radical (unpaired) electrons. The number of carboxylic acid groups (broad SMARTS) is 1. The zero-order valence-electron chi connectivity index (χ0n) is 35.4. The molecule has 0 aliphatic heterocycles. The summed E-state index contributed by atoms with van der Waals surface area (Å²) in [6.45, 7) is 4.67. The molecule has 0 aliphatic carbocycles. The molecule has 0 spiro atoms. The molecule has 0 aromatic rings. The van der Waals surface area contributed by atoms with Crippen LogP contribution >= 0.6 is 0 Å². The van der Waals surface area contributed by atoms with E-state index in [1.165, 1.54) is 77.0 Å². The Morgan fingerprint density at radius 3 is 1.48 bits per heavy atom. The van der Waals surface area contributed by atoms with Crippen molar-refractivity contribution >= 4 is 17.9 Å². The summed E-state index contributed by atoms with van der Waals surface area (Å²) in [5.41, 5.74) is 0. The third-order valence-electron chi connectivity index (χ3n) is 9.58. The van der Waals surface area contributed by atoms with Gasteiger partial charge < -0.3 is 23.8 Å². The largest absolute Gasteiger partial charge is 0.477 e. The van der Waals surface area contributed by atoms with Crippen molar-refractivity contribution in [2.45, 2.75) is 187 Å². The number of carbonyl (C=O) groups is 3. The first-order valence-corrected chi connectivity index (χ1v) is 21.7. The van der Waals surface area contributed by atoms with Gasteiger partial charge in [0.25, 0.3) is 0 Å². The molecule has 0 aromatic heterocycles. The summed E-state index contributed by atoms with van der Waals surface area (Å²) < 4.78 is 17.2. The average molecular weight is 761 g/mol. The highest BCUT2D eigenvalue weighted by molar-refractivity contribution is 5.72. The molecule has 8 heteroatoms. The van der Waals surface area contributed by atoms with Crippen LogP contribution in [0.15, 0.2) is 48.6 Å². The maximum Gasteiger partial charge on any atom is 0.362 e. The molecule has 0 aliphatic rings. The van der Waals surface area contributed by atoms with Crippen molar-refractivity contribution in [1.29, 1.82) is 0 Å². The molecule has 0 amide bonds. The van der Waals surface area contributed by atoms with Gasteiger partial charge in [-0.2, -0.15) is 0 Å². The van der Waals surface area contributed by atoms with E-state index in [4.69, 9.17) is 14.2 Å². The standard InChI is InChI=1S/C46H81NO7/c1-6-8-10-12-14-16-18-20-21-22-23-24-25-27-29-31-33-35-37-45(49)54-42(40-52-39-38-43(46(50)51)47(3,4)5)41-53-44(48)36-34-32-30-28-26-19-17-15-13-11-9-7-2/h14,16,18,20-24,42-43H,6-13,15,17,19,25-41H2,1-5H3/p+1/b16-14+,20-18+,22-21+,24-23+. The molecular weight excluding hydrogens is 679 g/mol. The quantitative estimate of drug-likeness (QED) is 0.0289. The fraction of sp³-hybridized carbons (Fsp3) is 0.761. The number of rotatable bonds is 38. The lowest BCUT2D eigenvalue weighted by Gasteiger charge is -2.31. The topological polar surface area (TPSA) is 99.1 Å². The van der Waals surface area contributed by atoms with E-state index in [9.17, 15) is 19.5 Å². The van der Waals surface area contributed by atoms with Crippen LogP contribution in [-0.4, -0.2) is 80.6 Å². The maximum absolute atomic E-state index is 12.7. The van der Waals surface area contributed by atoms with E-state index in [-0.39, 0.29) is 36.2 Å². The highest BCUT2D eigenvalue weighted by Gasteiger charge is 2.31. The van der Waals surface area contributed by atoms with Crippen molar-refractivity contribution in [2.75, 3.05) is 41.0 Å². The average Bonchev–Trinajstić information content (AvgIpc) is 3.12. The Morgan fingerprint density at radius 1 is 0.556 bits per heavy atom. The van der Waals surface area contributed by atoms with E-state index >= 15 is 0 Å². The molecule has 54 heavy (non-hydrogen) atoms. The van der Waals surface area contributed by atoms with Crippen molar-refractivity contribution in [3.8, 4) is 0 Å². The number of ether oxygens (including phenoxy) is 3. The Morgan fingerprint density at radius 2 is 0.981 bits per heavy atom. The molecule has 0 saturated carbocycles. The SMILES string of the molecule is CCCCC/C=C/C=C/C=C/C=C/CCCCCCCC(=O)OC(COCCC(C(=O)O)[N+](C)(C)C)COC(=O)CCCCCCCCCCCCCC. The van der Waals surface area contributed by atoms with Crippen LogP contribution < -0.4 is 0 Å². The summed E-state index contributed by atoms with van der Waals surface area (Å²) in [4.78, 5) is 36.9. The summed E-state index contributed by atoms with van der Waals surface area (Å²) in [5, 5.41) is 9.61. The van der Waals surface area contributed by atoms with E-state index in [1.54, 1.807) is 0 Å². The van der Waals surface area contributed by atoms with Gasteiger partial charge in [0.1, 0.15) is 6.61 Å². The first-order valence-electron chi connectivity index (χ1n) is 21.7. The summed E-state index contributed by atoms with van der Waals surface area (Å²) >= 11 is 0. The lowest BCUT2D eigenvalue weighted by atomic mass is 10.0. The van der Waals surface area contributed by atoms with Crippen LogP contribution in [0, 0.1) is 0 Å². The fourth-order valence-electron chi connectivity index (χ4n) is 6.16. The molecule has 0 saturated heterocycles. The van der Waals surface area contributed by atoms with Crippen molar-refractivity contribution in [3.63, 3.8) is 0 Å². The van der Waals surface area contributed by atoms with Gasteiger partial charge in [0.05, 0.1) is 34.4 Å². The highest BCUT2D eigenvalue weighted by atomic mass is 16.6. The number of esters is 2. The van der Waals surface area contributed by atoms with Gasteiger partial charge in [0, 0.05) is 19.3 Å². The molecule has 0 aromatic carbocycles. The van der Waals surface area contributed by atoms with Gasteiger partial charge in [-0.3, -0.25) is 9.59 Å². The number of carbonyl (C=O) groups excluding carboxylic acids is 2. The van der Waals surface area contributed by atoms with E-state index < -0.39 is 18.1 Å². The van der Waals surface area contributed by atoms with Crippen LogP contribution in [0.1, 0.15) is 174 Å². The fourth-order valence-corrected chi connectivity index (χ4v) is 6.16. The third-order valence-corrected chi connectivity index (χ3v) is 9.58. The molecule has 312 valence electrons. The monoisotopic (exact) mass is 761 g/mol. The normalized spacial score (nSPS) is 13.4. The third kappa shape index (κ3) is 35.0. The Labute approximate surface area is 331 Å². The van der Waals surface area contributed by atoms with Crippen LogP contribution in [0.3, 0.4) is 0 Å². The number of hydrogen-bond acceptors (Lipinski definition) is 6. The predicted molar refractivity (Wildman–Crippen MR) is 224 cm³/mol. The van der Waals surface area contributed by atoms with Crippen molar-refractivity contribution in [1.82, 2.24) is 0 Å². The zero-order chi connectivity index (χ0) is 40.0. The van der Waals surface area contributed by atoms with Gasteiger partial charge in [-0.25, -0.2) is 4.79 Å². The zero-order valence-corrected chi connectivity index (χ0v) is 35.4. The number of hydrogen-bond donors (Lipinski definition) is 1. The number of carboxylic acids is 1. The van der Waals surface area contributed by atoms with E-state index in [0.29, 0.717) is 19.3 Å². The van der Waals surface area contributed by atoms with Crippen LogP contribution in [-0.2, 0) is 28.6 Å². The van der Waals surface area contributed by atoms with Crippen LogP contribution in [0.4, 0.5) is 0 Å². The van der Waals surface area contributed by atoms with Gasteiger partial charge in [-0.15, -0.1) is 0 Å². The van der Waals surface area contributed by atoms with Crippen molar-refractivity contribution < 1.29 is 38.2 Å². The van der Waals surface area contributed by atoms with E-state index in [2.05, 4.69) is 56.4 Å². The van der Waals surface area contributed by atoms with Crippen LogP contribution in [0.5, 0.6) is 0 Å². The number of likely N-dealkylation sites (N-methyl/N-ethyl adjacent to an activating group) is 1. The Balaban J connectivity index is 4.41. The summed E-state index contributed by atoms with van der Waals surface area (Å²) in [6, 6.07) is -0.618. The second kappa shape index (κ2) is 37.2. The number of unbranched alkanes of at least 4 members (excludes halogenated alkanes) is 19. The second-order valence-corrected chi connectivity index (χ2v) is 15.7. The maximum atomic E-state index is 12.7. The Bertz CT molecular complexity index is 1030. The molecule has 0 rings (SSSR count). The molecule has 0 bridgehead atoms. The molecular formula is C46H82NO7+. The Hall–Kier alpha value is -2.71. The smallest absolute Gasteiger partial charge is 0.362 e. The summed E-state index contributed by atoms with van der Waals surface area (Å²) in [6.07, 6.45) is 42.8. The first-order chi connectivity index (χ1) is 26.1. The molecule has 1 N–H and O–H groups in total. The molecule has 2 unspecified atom stereocenters. The minimum atomic E-state index is -0.880. The number of aliphatic carboxylic acids is 1. The van der Waals surface area contributed by atoms with Gasteiger partial charge in [0.15, 0.2) is 12.1 Å². The summed E-state index contributed by atoms with van der Waals surface area (Å²) in [7, 11) is 5.51. The van der Waals surface area contributed by atoms with Crippen molar-refractivity contribution in [3.05, 3.63) is 48.6 Å². The second-order valence-electron chi connectivity index (χ2n) is 15.7. The lowest BCUT2D eigenvalue weighted by Crippen LogP contribution is -2.50. The first kappa shape index (κ1) is 51.3. The predicted octanol–water partition coefficient (Wildman–Crippen LogP) is 11.6. The van der Waals surface area contributed by atoms with Gasteiger partial charge >= 0.3 is 17.9 Å². The number of nitrogens with zero attached hydrogens (tertiary/aromatic N) is 1. The lowest BCUT2D eigenvalue weighted by molar-refractivity contribution is -0.887. The molecule has 2 atom stereocenters. The van der Waals surface area contributed by atoms with Gasteiger partial charge in [-0.05, 0) is 38.5 Å². The van der Waals surface area contributed by atoms with Gasteiger partial charge in [-0.1, -0.05) is 165 Å². The van der Waals surface area contributed by atoms with Gasteiger partial charge in [0.2, 0.25) is 0 Å². The molecule has 0 fully saturated rings. The minimum absolute atomic E-state index is 0.0519. The summed E-state index contributed by atoms with van der Waals surface area (Å²) in [5.74, 6) is -1.50. The van der Waals surface area contributed by atoms with E-state index in [1.807, 2.05) is 27.2 Å². The molecule has 8 nitrogen and oxygen atoms in total.